The van der Waals surface area contributed by atoms with Crippen molar-refractivity contribution in [2.24, 2.45) is 0 Å². The molecular weight excluding hydrogens is 343 g/mol. The molecule has 4 rings (SSSR count). The van der Waals surface area contributed by atoms with Crippen molar-refractivity contribution in [3.05, 3.63) is 96.1 Å². The number of nitrogens with zero attached hydrogens (tertiary/aromatic N) is 2. The number of anilines is 1. The van der Waals surface area contributed by atoms with Crippen molar-refractivity contribution >= 4 is 22.7 Å². The zero-order valence-corrected chi connectivity index (χ0v) is 14.5. The number of amides is 1. The maximum absolute atomic E-state index is 13.6. The number of hydrogen-bond acceptors (Lipinski definition) is 3. The highest BCUT2D eigenvalue weighted by atomic mass is 19.1. The van der Waals surface area contributed by atoms with E-state index in [4.69, 9.17) is 4.42 Å². The highest BCUT2D eigenvalue weighted by Gasteiger charge is 2.20. The number of hydrogen-bond donors (Lipinski definition) is 0. The van der Waals surface area contributed by atoms with E-state index in [0.29, 0.717) is 28.9 Å². The van der Waals surface area contributed by atoms with Crippen molar-refractivity contribution in [2.45, 2.75) is 13.0 Å². The van der Waals surface area contributed by atoms with E-state index < -0.39 is 0 Å². The fraction of sp³-hybridized carbons (Fsp3) is 0.0909. The van der Waals surface area contributed by atoms with Crippen LogP contribution >= 0.6 is 0 Å². The molecule has 0 fully saturated rings. The summed E-state index contributed by atoms with van der Waals surface area (Å²) in [6.07, 6.45) is 3.27. The maximum Gasteiger partial charge on any atom is 0.233 e. The Labute approximate surface area is 155 Å². The van der Waals surface area contributed by atoms with Crippen LogP contribution in [0.25, 0.3) is 11.0 Å². The standard InChI is InChI=1S/C22H17FN2O2/c23-18-9-10-20-19(13-18)17(15-27-20)12-22(26)25(21-8-4-5-11-24-21)14-16-6-2-1-3-7-16/h1-11,13,15H,12,14H2. The Hall–Kier alpha value is -3.47. The third-order valence-corrected chi connectivity index (χ3v) is 4.37. The third-order valence-electron chi connectivity index (χ3n) is 4.37. The van der Waals surface area contributed by atoms with Gasteiger partial charge in [-0.2, -0.15) is 0 Å². The van der Waals surface area contributed by atoms with Gasteiger partial charge in [0.05, 0.1) is 19.2 Å². The van der Waals surface area contributed by atoms with Gasteiger partial charge in [-0.05, 0) is 35.9 Å². The Morgan fingerprint density at radius 3 is 2.63 bits per heavy atom. The molecule has 2 aromatic heterocycles. The molecule has 1 amide bonds. The summed E-state index contributed by atoms with van der Waals surface area (Å²) in [4.78, 5) is 19.1. The second-order valence-electron chi connectivity index (χ2n) is 6.23. The molecule has 0 N–H and O–H groups in total. The third kappa shape index (κ3) is 3.72. The summed E-state index contributed by atoms with van der Waals surface area (Å²) in [5.41, 5.74) is 2.22. The van der Waals surface area contributed by atoms with Crippen LogP contribution in [0.3, 0.4) is 0 Å². The lowest BCUT2D eigenvalue weighted by Crippen LogP contribution is -2.32. The molecule has 0 aliphatic heterocycles. The molecule has 0 aliphatic rings. The Morgan fingerprint density at radius 1 is 1.04 bits per heavy atom. The summed E-state index contributed by atoms with van der Waals surface area (Å²) in [5, 5.41) is 0.615. The fourth-order valence-electron chi connectivity index (χ4n) is 3.03. The smallest absolute Gasteiger partial charge is 0.233 e. The van der Waals surface area contributed by atoms with E-state index >= 15 is 0 Å². The van der Waals surface area contributed by atoms with Crippen LogP contribution in [0, 0.1) is 5.82 Å². The summed E-state index contributed by atoms with van der Waals surface area (Å²) in [7, 11) is 0. The van der Waals surface area contributed by atoms with Gasteiger partial charge in [-0.3, -0.25) is 9.69 Å². The molecule has 2 heterocycles. The van der Waals surface area contributed by atoms with E-state index in [9.17, 15) is 9.18 Å². The van der Waals surface area contributed by atoms with Crippen LogP contribution in [0.5, 0.6) is 0 Å². The lowest BCUT2D eigenvalue weighted by atomic mass is 10.1. The average molecular weight is 360 g/mol. The van der Waals surface area contributed by atoms with Gasteiger partial charge in [0, 0.05) is 17.1 Å². The molecule has 0 radical (unpaired) electrons. The van der Waals surface area contributed by atoms with Gasteiger partial charge in [-0.1, -0.05) is 36.4 Å². The normalized spacial score (nSPS) is 10.9. The molecule has 0 saturated heterocycles. The van der Waals surface area contributed by atoms with Crippen molar-refractivity contribution in [1.82, 2.24) is 4.98 Å². The van der Waals surface area contributed by atoms with E-state index in [1.165, 1.54) is 18.4 Å². The van der Waals surface area contributed by atoms with Crippen molar-refractivity contribution in [1.29, 1.82) is 0 Å². The van der Waals surface area contributed by atoms with Crippen LogP contribution in [0.1, 0.15) is 11.1 Å². The quantitative estimate of drug-likeness (QED) is 0.516. The Balaban J connectivity index is 1.64. The van der Waals surface area contributed by atoms with Gasteiger partial charge in [0.2, 0.25) is 5.91 Å². The van der Waals surface area contributed by atoms with Gasteiger partial charge in [-0.15, -0.1) is 0 Å². The van der Waals surface area contributed by atoms with Crippen LogP contribution in [-0.4, -0.2) is 10.9 Å². The monoisotopic (exact) mass is 360 g/mol. The number of fused-ring (bicyclic) bond motifs is 1. The Morgan fingerprint density at radius 2 is 1.85 bits per heavy atom. The topological polar surface area (TPSA) is 46.3 Å². The zero-order chi connectivity index (χ0) is 18.6. The second-order valence-corrected chi connectivity index (χ2v) is 6.23. The number of pyridine rings is 1. The van der Waals surface area contributed by atoms with Gasteiger partial charge in [-0.25, -0.2) is 9.37 Å². The minimum Gasteiger partial charge on any atom is -0.464 e. The maximum atomic E-state index is 13.6. The highest BCUT2D eigenvalue weighted by Crippen LogP contribution is 2.24. The number of benzene rings is 2. The van der Waals surface area contributed by atoms with Gasteiger partial charge >= 0.3 is 0 Å². The molecule has 2 aromatic carbocycles. The predicted octanol–water partition coefficient (Wildman–Crippen LogP) is 4.74. The predicted molar refractivity (Wildman–Crippen MR) is 102 cm³/mol. The van der Waals surface area contributed by atoms with Crippen molar-refractivity contribution < 1.29 is 13.6 Å². The molecular formula is C22H17FN2O2. The van der Waals surface area contributed by atoms with Crippen LogP contribution < -0.4 is 4.90 Å². The fourth-order valence-corrected chi connectivity index (χ4v) is 3.03. The molecule has 0 saturated carbocycles. The van der Waals surface area contributed by atoms with Crippen LogP contribution in [-0.2, 0) is 17.8 Å². The summed E-state index contributed by atoms with van der Waals surface area (Å²) >= 11 is 0. The van der Waals surface area contributed by atoms with Crippen LogP contribution in [0.15, 0.2) is 83.6 Å². The van der Waals surface area contributed by atoms with E-state index in [2.05, 4.69) is 4.98 Å². The Bertz CT molecular complexity index is 1060. The highest BCUT2D eigenvalue weighted by molar-refractivity contribution is 5.96. The SMILES string of the molecule is O=C(Cc1coc2ccc(F)cc12)N(Cc1ccccc1)c1ccccn1. The molecule has 4 nitrogen and oxygen atoms in total. The number of rotatable bonds is 5. The molecule has 5 heteroatoms. The van der Waals surface area contributed by atoms with Crippen LogP contribution in [0.4, 0.5) is 10.2 Å². The summed E-state index contributed by atoms with van der Waals surface area (Å²) in [6.45, 7) is 0.404. The average Bonchev–Trinajstić information content (AvgIpc) is 3.09. The molecule has 4 aromatic rings. The summed E-state index contributed by atoms with van der Waals surface area (Å²) in [5.74, 6) is 0.0818. The number of halogens is 1. The number of furan rings is 1. The number of aromatic nitrogens is 1. The van der Waals surface area contributed by atoms with Crippen molar-refractivity contribution in [3.8, 4) is 0 Å². The number of carbonyl (C=O) groups is 1. The molecule has 0 unspecified atom stereocenters. The zero-order valence-electron chi connectivity index (χ0n) is 14.5. The first-order chi connectivity index (χ1) is 13.2. The molecule has 0 aliphatic carbocycles. The first-order valence-corrected chi connectivity index (χ1v) is 8.61. The summed E-state index contributed by atoms with van der Waals surface area (Å²) in [6, 6.07) is 19.5. The minimum atomic E-state index is -0.358. The lowest BCUT2D eigenvalue weighted by Gasteiger charge is -2.22. The molecule has 0 spiro atoms. The largest absolute Gasteiger partial charge is 0.464 e. The lowest BCUT2D eigenvalue weighted by molar-refractivity contribution is -0.118. The first kappa shape index (κ1) is 17.0. The van der Waals surface area contributed by atoms with Gasteiger partial charge in [0.25, 0.3) is 0 Å². The molecule has 27 heavy (non-hydrogen) atoms. The van der Waals surface area contributed by atoms with Crippen molar-refractivity contribution in [3.63, 3.8) is 0 Å². The van der Waals surface area contributed by atoms with Gasteiger partial charge < -0.3 is 4.42 Å². The van der Waals surface area contributed by atoms with Crippen molar-refractivity contribution in [2.75, 3.05) is 4.90 Å². The van der Waals surface area contributed by atoms with E-state index in [0.717, 1.165) is 5.56 Å². The Kier molecular flexibility index (Phi) is 4.66. The van der Waals surface area contributed by atoms with Crippen LogP contribution in [0.2, 0.25) is 0 Å². The van der Waals surface area contributed by atoms with E-state index in [-0.39, 0.29) is 18.1 Å². The first-order valence-electron chi connectivity index (χ1n) is 8.61. The van der Waals surface area contributed by atoms with Gasteiger partial charge in [0.15, 0.2) is 0 Å². The van der Waals surface area contributed by atoms with E-state index in [1.807, 2.05) is 36.4 Å². The second kappa shape index (κ2) is 7.41. The molecule has 134 valence electrons. The summed E-state index contributed by atoms with van der Waals surface area (Å²) < 4.78 is 19.1. The molecule has 0 atom stereocenters. The number of carbonyl (C=O) groups excluding carboxylic acids is 1. The van der Waals surface area contributed by atoms with Gasteiger partial charge in [0.1, 0.15) is 17.2 Å². The molecule has 0 bridgehead atoms. The van der Waals surface area contributed by atoms with E-state index in [1.54, 1.807) is 29.3 Å². The minimum absolute atomic E-state index is 0.0971.